The minimum atomic E-state index is 0.313. The van der Waals surface area contributed by atoms with Crippen molar-refractivity contribution in [3.05, 3.63) is 24.2 Å². The van der Waals surface area contributed by atoms with Crippen molar-refractivity contribution < 1.29 is 4.74 Å². The number of hydrogen-bond acceptors (Lipinski definition) is 4. The van der Waals surface area contributed by atoms with Crippen LogP contribution in [0.4, 0.5) is 0 Å². The first-order valence-electron chi connectivity index (χ1n) is 8.90. The van der Waals surface area contributed by atoms with E-state index >= 15 is 0 Å². The number of rotatable bonds is 4. The Kier molecular flexibility index (Phi) is 4.31. The number of pyridine rings is 1. The van der Waals surface area contributed by atoms with Gasteiger partial charge in [0.2, 0.25) is 0 Å². The molecule has 2 atom stereocenters. The summed E-state index contributed by atoms with van der Waals surface area (Å²) in [7, 11) is 2.21. The lowest BCUT2D eigenvalue weighted by Gasteiger charge is -2.24. The van der Waals surface area contributed by atoms with Crippen LogP contribution in [0.25, 0.3) is 11.2 Å². The Morgan fingerprint density at radius 3 is 3.04 bits per heavy atom. The molecule has 0 aliphatic carbocycles. The van der Waals surface area contributed by atoms with E-state index in [2.05, 4.69) is 27.6 Å². The lowest BCUT2D eigenvalue weighted by Crippen LogP contribution is -2.26. The zero-order valence-corrected chi connectivity index (χ0v) is 13.9. The molecular formula is C18H26N4O. The Bertz CT molecular complexity index is 662. The predicted octanol–water partition coefficient (Wildman–Crippen LogP) is 2.49. The molecule has 4 heterocycles. The van der Waals surface area contributed by atoms with Gasteiger partial charge in [-0.2, -0.15) is 0 Å². The highest BCUT2D eigenvalue weighted by Crippen LogP contribution is 2.24. The van der Waals surface area contributed by atoms with Crippen molar-refractivity contribution in [2.45, 2.75) is 44.8 Å². The molecule has 2 aliphatic rings. The molecule has 23 heavy (non-hydrogen) atoms. The largest absolute Gasteiger partial charge is 0.376 e. The number of imidazole rings is 1. The molecule has 5 heteroatoms. The van der Waals surface area contributed by atoms with E-state index in [1.165, 1.54) is 38.2 Å². The maximum atomic E-state index is 5.96. The standard InChI is InChI=1S/C18H26N4O/c1-21-9-7-14(12-21)11-17-20-16-6-4-8-19-18(16)22(17)13-15-5-2-3-10-23-15/h4,6,8,14-15H,2-3,5,7,9-13H2,1H3. The molecule has 0 N–H and O–H groups in total. The highest BCUT2D eigenvalue weighted by molar-refractivity contribution is 5.71. The van der Waals surface area contributed by atoms with Crippen molar-refractivity contribution >= 4 is 11.2 Å². The molecule has 2 unspecified atom stereocenters. The van der Waals surface area contributed by atoms with Gasteiger partial charge in [0, 0.05) is 25.8 Å². The Balaban J connectivity index is 1.61. The van der Waals surface area contributed by atoms with Gasteiger partial charge < -0.3 is 14.2 Å². The second-order valence-corrected chi connectivity index (χ2v) is 7.09. The fourth-order valence-electron chi connectivity index (χ4n) is 3.96. The highest BCUT2D eigenvalue weighted by atomic mass is 16.5. The van der Waals surface area contributed by atoms with Gasteiger partial charge in [0.25, 0.3) is 0 Å². The van der Waals surface area contributed by atoms with Crippen molar-refractivity contribution in [1.29, 1.82) is 0 Å². The van der Waals surface area contributed by atoms with E-state index in [1.807, 2.05) is 12.3 Å². The Morgan fingerprint density at radius 2 is 2.26 bits per heavy atom. The van der Waals surface area contributed by atoms with Gasteiger partial charge in [0.1, 0.15) is 11.3 Å². The van der Waals surface area contributed by atoms with Crippen LogP contribution >= 0.6 is 0 Å². The maximum Gasteiger partial charge on any atom is 0.160 e. The Labute approximate surface area is 137 Å². The average molecular weight is 314 g/mol. The summed E-state index contributed by atoms with van der Waals surface area (Å²) >= 11 is 0. The molecule has 124 valence electrons. The van der Waals surface area contributed by atoms with Gasteiger partial charge in [0.05, 0.1) is 12.6 Å². The van der Waals surface area contributed by atoms with E-state index in [9.17, 15) is 0 Å². The third-order valence-corrected chi connectivity index (χ3v) is 5.20. The Hall–Kier alpha value is -1.46. The summed E-state index contributed by atoms with van der Waals surface area (Å²) in [5.74, 6) is 1.90. The summed E-state index contributed by atoms with van der Waals surface area (Å²) in [5.41, 5.74) is 2.03. The first-order valence-corrected chi connectivity index (χ1v) is 8.90. The molecule has 0 amide bonds. The molecule has 2 fully saturated rings. The third kappa shape index (κ3) is 3.26. The topological polar surface area (TPSA) is 43.2 Å². The molecular weight excluding hydrogens is 288 g/mol. The summed E-state index contributed by atoms with van der Waals surface area (Å²) in [6.07, 6.45) is 8.12. The van der Waals surface area contributed by atoms with Crippen molar-refractivity contribution in [2.24, 2.45) is 5.92 Å². The van der Waals surface area contributed by atoms with Crippen molar-refractivity contribution in [3.63, 3.8) is 0 Å². The van der Waals surface area contributed by atoms with Gasteiger partial charge in [-0.3, -0.25) is 0 Å². The maximum absolute atomic E-state index is 5.96. The van der Waals surface area contributed by atoms with Crippen LogP contribution in [0.1, 0.15) is 31.5 Å². The second-order valence-electron chi connectivity index (χ2n) is 7.09. The van der Waals surface area contributed by atoms with Gasteiger partial charge in [-0.15, -0.1) is 0 Å². The van der Waals surface area contributed by atoms with Gasteiger partial charge in [-0.1, -0.05) is 0 Å². The fraction of sp³-hybridized carbons (Fsp3) is 0.667. The van der Waals surface area contributed by atoms with Crippen LogP contribution in [0, 0.1) is 5.92 Å². The normalized spacial score (nSPS) is 26.1. The summed E-state index contributed by atoms with van der Waals surface area (Å²) in [4.78, 5) is 11.9. The number of hydrogen-bond donors (Lipinski definition) is 0. The molecule has 2 aliphatic heterocycles. The molecule has 0 aromatic carbocycles. The lowest BCUT2D eigenvalue weighted by atomic mass is 10.0. The highest BCUT2D eigenvalue weighted by Gasteiger charge is 2.24. The molecule has 0 spiro atoms. The molecule has 2 aromatic heterocycles. The minimum absolute atomic E-state index is 0.313. The molecule has 0 saturated carbocycles. The van der Waals surface area contributed by atoms with E-state index < -0.39 is 0 Å². The lowest BCUT2D eigenvalue weighted by molar-refractivity contribution is 0.00603. The van der Waals surface area contributed by atoms with E-state index in [-0.39, 0.29) is 0 Å². The van der Waals surface area contributed by atoms with Gasteiger partial charge in [-0.05, 0) is 57.3 Å². The number of ether oxygens (including phenoxy) is 1. The number of likely N-dealkylation sites (tertiary alicyclic amines) is 1. The minimum Gasteiger partial charge on any atom is -0.376 e. The van der Waals surface area contributed by atoms with Crippen LogP contribution in [0.15, 0.2) is 18.3 Å². The number of nitrogens with zero attached hydrogens (tertiary/aromatic N) is 4. The van der Waals surface area contributed by atoms with E-state index in [0.717, 1.165) is 37.2 Å². The first kappa shape index (κ1) is 15.1. The smallest absolute Gasteiger partial charge is 0.160 e. The van der Waals surface area contributed by atoms with E-state index in [1.54, 1.807) is 0 Å². The van der Waals surface area contributed by atoms with Crippen molar-refractivity contribution in [2.75, 3.05) is 26.7 Å². The van der Waals surface area contributed by atoms with Crippen LogP contribution < -0.4 is 0 Å². The molecule has 4 rings (SSSR count). The molecule has 2 saturated heterocycles. The monoisotopic (exact) mass is 314 g/mol. The molecule has 0 radical (unpaired) electrons. The SMILES string of the molecule is CN1CCC(Cc2nc3cccnc3n2CC2CCCCO2)C1. The molecule has 5 nitrogen and oxygen atoms in total. The Morgan fingerprint density at radius 1 is 1.30 bits per heavy atom. The zero-order chi connectivity index (χ0) is 15.6. The van der Waals surface area contributed by atoms with Crippen LogP contribution in [0.5, 0.6) is 0 Å². The van der Waals surface area contributed by atoms with E-state index in [4.69, 9.17) is 9.72 Å². The van der Waals surface area contributed by atoms with Gasteiger partial charge in [0.15, 0.2) is 5.65 Å². The van der Waals surface area contributed by atoms with Crippen molar-refractivity contribution in [1.82, 2.24) is 19.4 Å². The summed E-state index contributed by atoms with van der Waals surface area (Å²) in [5, 5.41) is 0. The zero-order valence-electron chi connectivity index (χ0n) is 13.9. The average Bonchev–Trinajstić information content (AvgIpc) is 3.13. The molecule has 2 aromatic rings. The molecule has 0 bridgehead atoms. The van der Waals surface area contributed by atoms with Gasteiger partial charge in [-0.25, -0.2) is 9.97 Å². The van der Waals surface area contributed by atoms with E-state index in [0.29, 0.717) is 12.0 Å². The second kappa shape index (κ2) is 6.57. The fourth-order valence-corrected chi connectivity index (χ4v) is 3.96. The summed E-state index contributed by atoms with van der Waals surface area (Å²) < 4.78 is 8.28. The summed E-state index contributed by atoms with van der Waals surface area (Å²) in [6.45, 7) is 4.17. The summed E-state index contributed by atoms with van der Waals surface area (Å²) in [6, 6.07) is 4.05. The van der Waals surface area contributed by atoms with Crippen LogP contribution in [-0.2, 0) is 17.7 Å². The quantitative estimate of drug-likeness (QED) is 0.869. The van der Waals surface area contributed by atoms with Gasteiger partial charge >= 0.3 is 0 Å². The number of fused-ring (bicyclic) bond motifs is 1. The van der Waals surface area contributed by atoms with Crippen LogP contribution in [-0.4, -0.2) is 52.3 Å². The first-order chi connectivity index (χ1) is 11.3. The third-order valence-electron chi connectivity index (χ3n) is 5.20. The van der Waals surface area contributed by atoms with Crippen LogP contribution in [0.2, 0.25) is 0 Å². The number of aromatic nitrogens is 3. The predicted molar refractivity (Wildman–Crippen MR) is 90.4 cm³/mol. The van der Waals surface area contributed by atoms with Crippen molar-refractivity contribution in [3.8, 4) is 0 Å². The van der Waals surface area contributed by atoms with Crippen LogP contribution in [0.3, 0.4) is 0 Å².